The summed E-state index contributed by atoms with van der Waals surface area (Å²) in [6.45, 7) is 9.43. The summed E-state index contributed by atoms with van der Waals surface area (Å²) in [6.07, 6.45) is 6.85. The second-order valence-electron chi connectivity index (χ2n) is 13.1. The molecule has 1 aromatic heterocycles. The monoisotopic (exact) mass is 651 g/mol. The molecule has 4 N–H and O–H groups in total. The smallest absolute Gasteiger partial charge is 0.407 e. The Kier molecular flexibility index (Phi) is 10.9. The molecule has 0 spiro atoms. The number of carbonyl (C=O) groups excluding carboxylic acids is 2. The van der Waals surface area contributed by atoms with Crippen LogP contribution in [0, 0.1) is 0 Å². The van der Waals surface area contributed by atoms with Crippen LogP contribution in [-0.2, 0) is 21.1 Å². The lowest BCUT2D eigenvalue weighted by atomic mass is 10.0. The normalized spacial score (nSPS) is 17.3. The lowest BCUT2D eigenvalue weighted by Gasteiger charge is -2.25. The predicted octanol–water partition coefficient (Wildman–Crippen LogP) is 6.68. The molecule has 5 rings (SSSR count). The molecule has 46 heavy (non-hydrogen) atoms. The van der Waals surface area contributed by atoms with Gasteiger partial charge < -0.3 is 25.8 Å². The van der Waals surface area contributed by atoms with Crippen LogP contribution in [0.2, 0.25) is 0 Å². The molecule has 0 saturated heterocycles. The maximum atomic E-state index is 13.5. The van der Waals surface area contributed by atoms with Crippen LogP contribution < -0.4 is 21.1 Å². The zero-order valence-electron chi connectivity index (χ0n) is 27.3. The molecule has 3 heterocycles. The van der Waals surface area contributed by atoms with E-state index in [0.29, 0.717) is 41.3 Å². The Morgan fingerprint density at radius 1 is 1.04 bits per heavy atom. The van der Waals surface area contributed by atoms with E-state index in [9.17, 15) is 18.0 Å². The van der Waals surface area contributed by atoms with Crippen molar-refractivity contribution in [1.82, 2.24) is 15.3 Å². The first-order valence-corrected chi connectivity index (χ1v) is 17.2. The molecule has 0 fully saturated rings. The fourth-order valence-corrected chi connectivity index (χ4v) is 6.70. The summed E-state index contributed by atoms with van der Waals surface area (Å²) in [4.78, 5) is 34.8. The summed E-state index contributed by atoms with van der Waals surface area (Å²) in [5.41, 5.74) is 7.33. The van der Waals surface area contributed by atoms with E-state index in [4.69, 9.17) is 15.2 Å². The largest absolute Gasteiger partial charge is 0.491 e. The van der Waals surface area contributed by atoms with E-state index in [0.717, 1.165) is 38.5 Å². The molecule has 3 aromatic rings. The van der Waals surface area contributed by atoms with E-state index in [1.54, 1.807) is 71.0 Å². The van der Waals surface area contributed by atoms with Gasteiger partial charge in [-0.05, 0) is 65.7 Å². The summed E-state index contributed by atoms with van der Waals surface area (Å²) in [5.74, 6) is -0.241. The number of aromatic nitrogens is 2. The molecule has 0 atom stereocenters. The number of amides is 2. The van der Waals surface area contributed by atoms with Gasteiger partial charge in [-0.15, -0.1) is 0 Å². The number of para-hydroxylation sites is 1. The molecule has 0 aliphatic carbocycles. The Morgan fingerprint density at radius 3 is 2.41 bits per heavy atom. The van der Waals surface area contributed by atoms with Crippen molar-refractivity contribution in [3.8, 4) is 17.0 Å². The van der Waals surface area contributed by atoms with Crippen LogP contribution in [0.5, 0.6) is 5.75 Å². The van der Waals surface area contributed by atoms with Gasteiger partial charge in [-0.25, -0.2) is 23.2 Å². The maximum Gasteiger partial charge on any atom is 0.407 e. The molecule has 11 nitrogen and oxygen atoms in total. The highest BCUT2D eigenvalue weighted by molar-refractivity contribution is 7.92. The van der Waals surface area contributed by atoms with Crippen LogP contribution in [-0.4, -0.2) is 47.3 Å². The SMILES string of the molecule is CC(C)(C)OC(=O)NCc1cccc2c1OCCCCCCCCC(C)(C)S(=O)(=O)c1ccc(cc1)-c1cnc(N)c(n1)C(=O)N2. The highest BCUT2D eigenvalue weighted by Gasteiger charge is 2.35. The summed E-state index contributed by atoms with van der Waals surface area (Å²) < 4.78 is 37.7. The summed E-state index contributed by atoms with van der Waals surface area (Å²) in [6, 6.07) is 11.7. The number of ether oxygens (including phenoxy) is 2. The van der Waals surface area contributed by atoms with Crippen molar-refractivity contribution in [2.45, 2.75) is 101 Å². The standard InChI is InChI=1S/C34H45N5O6S/c1-33(2,3)45-32(41)37-21-24-13-12-14-26-29(24)44-20-11-9-7-6-8-10-19-34(4,5)46(42,43)25-17-15-23(16-18-25)27-22-36-30(35)28(38-27)31(40)39-26/h12-18,22H,6-11,19-21H2,1-5H3,(H2,35,36)(H,37,41)(H,39,40). The van der Waals surface area contributed by atoms with Gasteiger partial charge in [0.1, 0.15) is 11.4 Å². The number of nitrogens with two attached hydrogens (primary N) is 1. The Bertz CT molecular complexity index is 1650. The van der Waals surface area contributed by atoms with Crippen molar-refractivity contribution in [2.24, 2.45) is 0 Å². The van der Waals surface area contributed by atoms with Crippen molar-refractivity contribution in [3.63, 3.8) is 0 Å². The highest BCUT2D eigenvalue weighted by Crippen LogP contribution is 2.33. The zero-order chi connectivity index (χ0) is 33.5. The number of sulfone groups is 1. The van der Waals surface area contributed by atoms with Gasteiger partial charge >= 0.3 is 6.09 Å². The van der Waals surface area contributed by atoms with E-state index in [1.165, 1.54) is 6.20 Å². The lowest BCUT2D eigenvalue weighted by Crippen LogP contribution is -2.32. The minimum absolute atomic E-state index is 0.0677. The van der Waals surface area contributed by atoms with Crippen LogP contribution in [0.15, 0.2) is 53.6 Å². The van der Waals surface area contributed by atoms with Crippen molar-refractivity contribution < 1.29 is 27.5 Å². The van der Waals surface area contributed by atoms with E-state index >= 15 is 0 Å². The Hall–Kier alpha value is -4.19. The zero-order valence-corrected chi connectivity index (χ0v) is 28.1. The second kappa shape index (κ2) is 14.5. The minimum atomic E-state index is -3.58. The molecule has 2 aromatic carbocycles. The summed E-state index contributed by atoms with van der Waals surface area (Å²) in [5, 5.41) is 5.62. The van der Waals surface area contributed by atoms with Crippen molar-refractivity contribution in [2.75, 3.05) is 17.7 Å². The average Bonchev–Trinajstić information content (AvgIpc) is 2.98. The molecule has 0 saturated carbocycles. The minimum Gasteiger partial charge on any atom is -0.491 e. The van der Waals surface area contributed by atoms with Gasteiger partial charge in [-0.3, -0.25) is 4.79 Å². The molecule has 4 bridgehead atoms. The molecule has 2 amide bonds. The third-order valence-electron chi connectivity index (χ3n) is 7.79. The third kappa shape index (κ3) is 8.74. The first-order valence-electron chi connectivity index (χ1n) is 15.7. The third-order valence-corrected chi connectivity index (χ3v) is 10.3. The first kappa shape index (κ1) is 34.7. The Balaban J connectivity index is 1.66. The van der Waals surface area contributed by atoms with Gasteiger partial charge in [0, 0.05) is 17.7 Å². The summed E-state index contributed by atoms with van der Waals surface area (Å²) >= 11 is 0. The van der Waals surface area contributed by atoms with E-state index < -0.39 is 32.2 Å². The molecule has 248 valence electrons. The molecule has 0 radical (unpaired) electrons. The Labute approximate surface area is 271 Å². The van der Waals surface area contributed by atoms with Crippen molar-refractivity contribution in [1.29, 1.82) is 0 Å². The van der Waals surface area contributed by atoms with E-state index in [1.807, 2.05) is 6.07 Å². The number of benzene rings is 2. The van der Waals surface area contributed by atoms with Gasteiger partial charge in [0.2, 0.25) is 0 Å². The first-order chi connectivity index (χ1) is 21.7. The number of alkyl carbamates (subject to hydrolysis) is 1. The van der Waals surface area contributed by atoms with Crippen LogP contribution in [0.3, 0.4) is 0 Å². The Morgan fingerprint density at radius 2 is 1.72 bits per heavy atom. The van der Waals surface area contributed by atoms with Gasteiger partial charge in [-0.1, -0.05) is 56.4 Å². The number of nitrogens with one attached hydrogen (secondary N) is 2. The van der Waals surface area contributed by atoms with Crippen LogP contribution >= 0.6 is 0 Å². The molecule has 0 unspecified atom stereocenters. The number of anilines is 2. The van der Waals surface area contributed by atoms with E-state index in [-0.39, 0.29) is 23.0 Å². The molecule has 2 aliphatic rings. The number of nitrogen functional groups attached to an aromatic ring is 1. The topological polar surface area (TPSA) is 163 Å². The van der Waals surface area contributed by atoms with Gasteiger partial charge in [-0.2, -0.15) is 0 Å². The van der Waals surface area contributed by atoms with Crippen LogP contribution in [0.25, 0.3) is 11.3 Å². The number of fused-ring (bicyclic) bond motifs is 13. The van der Waals surface area contributed by atoms with Crippen LogP contribution in [0.1, 0.15) is 95.6 Å². The van der Waals surface area contributed by atoms with Crippen molar-refractivity contribution in [3.05, 3.63) is 59.9 Å². The lowest BCUT2D eigenvalue weighted by molar-refractivity contribution is 0.0523. The number of rotatable bonds is 2. The fourth-order valence-electron chi connectivity index (χ4n) is 5.15. The quantitative estimate of drug-likeness (QED) is 0.274. The van der Waals surface area contributed by atoms with E-state index in [2.05, 4.69) is 20.6 Å². The predicted molar refractivity (Wildman–Crippen MR) is 178 cm³/mol. The van der Waals surface area contributed by atoms with Gasteiger partial charge in [0.25, 0.3) is 5.91 Å². The number of hydrogen-bond donors (Lipinski definition) is 3. The molecule has 2 aliphatic heterocycles. The van der Waals surface area contributed by atoms with Crippen molar-refractivity contribution >= 4 is 33.3 Å². The summed E-state index contributed by atoms with van der Waals surface area (Å²) in [7, 11) is -3.58. The number of hydrogen-bond acceptors (Lipinski definition) is 9. The highest BCUT2D eigenvalue weighted by atomic mass is 32.2. The molecular formula is C34H45N5O6S. The average molecular weight is 652 g/mol. The fraction of sp³-hybridized carbons (Fsp3) is 0.471. The molecular weight excluding hydrogens is 606 g/mol. The second-order valence-corrected chi connectivity index (χ2v) is 15.7. The van der Waals surface area contributed by atoms with Gasteiger partial charge in [0.15, 0.2) is 21.3 Å². The molecule has 12 heteroatoms. The number of carbonyl (C=O) groups is 2. The van der Waals surface area contributed by atoms with Gasteiger partial charge in [0.05, 0.1) is 33.8 Å². The number of nitrogens with zero attached hydrogens (tertiary/aromatic N) is 2. The van der Waals surface area contributed by atoms with Crippen LogP contribution in [0.4, 0.5) is 16.3 Å². The maximum absolute atomic E-state index is 13.5.